The Kier molecular flexibility index (Phi) is 18.7. The van der Waals surface area contributed by atoms with Crippen molar-refractivity contribution in [1.82, 2.24) is 16.0 Å². The van der Waals surface area contributed by atoms with Crippen LogP contribution in [0, 0.1) is 0 Å². The molecule has 0 aliphatic rings. The summed E-state index contributed by atoms with van der Waals surface area (Å²) in [6, 6.07) is 0. The van der Waals surface area contributed by atoms with E-state index in [-0.39, 0.29) is 0 Å². The topological polar surface area (TPSA) is 62.1 Å². The van der Waals surface area contributed by atoms with Gasteiger partial charge in [0.15, 0.2) is 0 Å². The number of unbranched alkanes of at least 4 members (excludes halogenated alkanes) is 5. The monoisotopic (exact) mass is 286 g/mol. The van der Waals surface area contributed by atoms with Crippen LogP contribution in [0.5, 0.6) is 0 Å². The zero-order valence-electron chi connectivity index (χ0n) is 13.7. The second-order valence-corrected chi connectivity index (χ2v) is 5.47. The molecule has 20 heavy (non-hydrogen) atoms. The SMILES string of the molecule is CCNCCCNCCCCCCCCNCCCN. The third kappa shape index (κ3) is 17.8. The highest BCUT2D eigenvalue weighted by Crippen LogP contribution is 2.04. The lowest BCUT2D eigenvalue weighted by atomic mass is 10.1. The molecule has 0 saturated carbocycles. The maximum Gasteiger partial charge on any atom is -0.00368 e. The second-order valence-electron chi connectivity index (χ2n) is 5.47. The first kappa shape index (κ1) is 19.8. The van der Waals surface area contributed by atoms with Crippen LogP contribution in [0.15, 0.2) is 0 Å². The Morgan fingerprint density at radius 2 is 1.00 bits per heavy atom. The lowest BCUT2D eigenvalue weighted by Crippen LogP contribution is -2.22. The van der Waals surface area contributed by atoms with Gasteiger partial charge in [0.1, 0.15) is 0 Å². The second kappa shape index (κ2) is 18.8. The van der Waals surface area contributed by atoms with Gasteiger partial charge in [0, 0.05) is 0 Å². The van der Waals surface area contributed by atoms with Gasteiger partial charge in [0.2, 0.25) is 0 Å². The highest BCUT2D eigenvalue weighted by Gasteiger charge is 1.92. The van der Waals surface area contributed by atoms with Crippen molar-refractivity contribution in [3.8, 4) is 0 Å². The fraction of sp³-hybridized carbons (Fsp3) is 1.00. The highest BCUT2D eigenvalue weighted by molar-refractivity contribution is 4.53. The van der Waals surface area contributed by atoms with Gasteiger partial charge in [-0.15, -0.1) is 0 Å². The van der Waals surface area contributed by atoms with E-state index in [1.54, 1.807) is 0 Å². The molecule has 4 nitrogen and oxygen atoms in total. The molecule has 0 aromatic carbocycles. The van der Waals surface area contributed by atoms with E-state index in [4.69, 9.17) is 5.73 Å². The minimum atomic E-state index is 0.802. The molecule has 0 rings (SSSR count). The van der Waals surface area contributed by atoms with Crippen LogP contribution in [0.1, 0.15) is 58.3 Å². The third-order valence-electron chi connectivity index (χ3n) is 3.47. The Bertz CT molecular complexity index is 147. The van der Waals surface area contributed by atoms with Crippen LogP contribution in [-0.2, 0) is 0 Å². The number of hydrogen-bond acceptors (Lipinski definition) is 4. The van der Waals surface area contributed by atoms with E-state index in [1.807, 2.05) is 0 Å². The van der Waals surface area contributed by atoms with Crippen LogP contribution in [0.25, 0.3) is 0 Å². The molecule has 0 aliphatic heterocycles. The van der Waals surface area contributed by atoms with Crippen LogP contribution in [0.2, 0.25) is 0 Å². The van der Waals surface area contributed by atoms with Crippen molar-refractivity contribution >= 4 is 0 Å². The predicted octanol–water partition coefficient (Wildman–Crippen LogP) is 1.85. The molecule has 0 amide bonds. The van der Waals surface area contributed by atoms with E-state index >= 15 is 0 Å². The Labute approximate surface area is 126 Å². The quantitative estimate of drug-likeness (QED) is 0.308. The number of rotatable bonds is 17. The normalized spacial score (nSPS) is 11.1. The van der Waals surface area contributed by atoms with E-state index in [1.165, 1.54) is 51.5 Å². The Hall–Kier alpha value is -0.160. The van der Waals surface area contributed by atoms with Crippen molar-refractivity contribution < 1.29 is 0 Å². The molecule has 0 saturated heterocycles. The molecule has 0 bridgehead atoms. The van der Waals surface area contributed by atoms with Gasteiger partial charge >= 0.3 is 0 Å². The number of hydrogen-bond donors (Lipinski definition) is 4. The van der Waals surface area contributed by atoms with Crippen LogP contribution >= 0.6 is 0 Å². The van der Waals surface area contributed by atoms with Crippen LogP contribution in [0.4, 0.5) is 0 Å². The summed E-state index contributed by atoms with van der Waals surface area (Å²) >= 11 is 0. The summed E-state index contributed by atoms with van der Waals surface area (Å²) < 4.78 is 0. The lowest BCUT2D eigenvalue weighted by Gasteiger charge is -2.06. The molecule has 0 aromatic heterocycles. The van der Waals surface area contributed by atoms with E-state index in [0.29, 0.717) is 0 Å². The molecule has 122 valence electrons. The van der Waals surface area contributed by atoms with Crippen LogP contribution in [0.3, 0.4) is 0 Å². The average Bonchev–Trinajstić information content (AvgIpc) is 2.47. The lowest BCUT2D eigenvalue weighted by molar-refractivity contribution is 0.540. The van der Waals surface area contributed by atoms with Gasteiger partial charge in [-0.25, -0.2) is 0 Å². The summed E-state index contributed by atoms with van der Waals surface area (Å²) in [4.78, 5) is 0. The molecule has 0 fully saturated rings. The molecule has 0 heterocycles. The molecule has 0 spiro atoms. The maximum atomic E-state index is 5.44. The average molecular weight is 287 g/mol. The van der Waals surface area contributed by atoms with Gasteiger partial charge < -0.3 is 21.7 Å². The smallest absolute Gasteiger partial charge is 0.00368 e. The van der Waals surface area contributed by atoms with Crippen molar-refractivity contribution in [1.29, 1.82) is 0 Å². The zero-order chi connectivity index (χ0) is 14.7. The Morgan fingerprint density at radius 1 is 0.550 bits per heavy atom. The van der Waals surface area contributed by atoms with Gasteiger partial charge in [-0.05, 0) is 71.5 Å². The van der Waals surface area contributed by atoms with Crippen molar-refractivity contribution in [3.05, 3.63) is 0 Å². The molecule has 0 unspecified atom stereocenters. The molecule has 4 heteroatoms. The van der Waals surface area contributed by atoms with Crippen molar-refractivity contribution in [2.75, 3.05) is 45.8 Å². The largest absolute Gasteiger partial charge is 0.330 e. The predicted molar refractivity (Wildman–Crippen MR) is 90.3 cm³/mol. The maximum absolute atomic E-state index is 5.44. The highest BCUT2D eigenvalue weighted by atomic mass is 14.9. The minimum Gasteiger partial charge on any atom is -0.330 e. The van der Waals surface area contributed by atoms with Crippen molar-refractivity contribution in [2.24, 2.45) is 5.73 Å². The number of nitrogens with two attached hydrogens (primary N) is 1. The van der Waals surface area contributed by atoms with Crippen molar-refractivity contribution in [2.45, 2.75) is 58.3 Å². The summed E-state index contributed by atoms with van der Waals surface area (Å²) in [5.41, 5.74) is 5.44. The van der Waals surface area contributed by atoms with E-state index in [2.05, 4.69) is 22.9 Å². The summed E-state index contributed by atoms with van der Waals surface area (Å²) in [6.45, 7) is 9.77. The molecule has 0 aliphatic carbocycles. The first-order chi connectivity index (χ1) is 9.91. The molecule has 0 radical (unpaired) electrons. The summed E-state index contributed by atoms with van der Waals surface area (Å²) in [5.74, 6) is 0. The molecule has 0 aromatic rings. The molecular weight excluding hydrogens is 248 g/mol. The van der Waals surface area contributed by atoms with E-state index in [0.717, 1.165) is 45.7 Å². The Morgan fingerprint density at radius 3 is 1.55 bits per heavy atom. The summed E-state index contributed by atoms with van der Waals surface area (Å²) in [6.07, 6.45) is 10.5. The first-order valence-electron chi connectivity index (χ1n) is 8.74. The summed E-state index contributed by atoms with van der Waals surface area (Å²) in [7, 11) is 0. The van der Waals surface area contributed by atoms with Crippen LogP contribution in [-0.4, -0.2) is 45.8 Å². The standard InChI is InChI=1S/C16H38N4/c1-2-18-15-10-16-20-13-8-6-4-3-5-7-12-19-14-9-11-17/h18-20H,2-17H2,1H3. The van der Waals surface area contributed by atoms with Crippen molar-refractivity contribution in [3.63, 3.8) is 0 Å². The van der Waals surface area contributed by atoms with Gasteiger partial charge in [-0.2, -0.15) is 0 Å². The van der Waals surface area contributed by atoms with Gasteiger partial charge in [0.25, 0.3) is 0 Å². The minimum absolute atomic E-state index is 0.802. The first-order valence-corrected chi connectivity index (χ1v) is 8.74. The molecule has 5 N–H and O–H groups in total. The molecule has 0 atom stereocenters. The van der Waals surface area contributed by atoms with E-state index in [9.17, 15) is 0 Å². The molecular formula is C16H38N4. The van der Waals surface area contributed by atoms with E-state index < -0.39 is 0 Å². The Balaban J connectivity index is 2.89. The third-order valence-corrected chi connectivity index (χ3v) is 3.47. The summed E-state index contributed by atoms with van der Waals surface area (Å²) in [5, 5.41) is 10.3. The van der Waals surface area contributed by atoms with Gasteiger partial charge in [-0.1, -0.05) is 32.6 Å². The number of nitrogens with one attached hydrogen (secondary N) is 3. The van der Waals surface area contributed by atoms with Gasteiger partial charge in [-0.3, -0.25) is 0 Å². The zero-order valence-corrected chi connectivity index (χ0v) is 13.7. The fourth-order valence-electron chi connectivity index (χ4n) is 2.20. The van der Waals surface area contributed by atoms with Gasteiger partial charge in [0.05, 0.1) is 0 Å². The van der Waals surface area contributed by atoms with Crippen LogP contribution < -0.4 is 21.7 Å². The fourth-order valence-corrected chi connectivity index (χ4v) is 2.20.